The molecule has 0 spiro atoms. The Labute approximate surface area is 300 Å². The summed E-state index contributed by atoms with van der Waals surface area (Å²) in [7, 11) is -3.54. The highest BCUT2D eigenvalue weighted by atomic mass is 31.2. The molecule has 1 aromatic carbocycles. The van der Waals surface area contributed by atoms with Gasteiger partial charge in [0.15, 0.2) is 17.7 Å². The molecule has 3 fully saturated rings. The van der Waals surface area contributed by atoms with Crippen LogP contribution in [0, 0.1) is 11.3 Å². The molecule has 3 aliphatic rings. The zero-order valence-corrected chi connectivity index (χ0v) is 29.0. The fraction of sp³-hybridized carbons (Fsp3) is 0.484. The highest BCUT2D eigenvalue weighted by molar-refractivity contribution is 7.47. The van der Waals surface area contributed by atoms with Crippen molar-refractivity contribution in [2.75, 3.05) is 31.8 Å². The van der Waals surface area contributed by atoms with Crippen LogP contribution in [0.1, 0.15) is 24.3 Å². The number of nitrogens with two attached hydrogens (primary N) is 3. The zero-order chi connectivity index (χ0) is 37.8. The molecule has 3 aromatic heterocycles. The first kappa shape index (κ1) is 36.8. The number of carbonyl (C=O) groups excluding carboxylic acids is 1. The number of amides is 1. The van der Waals surface area contributed by atoms with Crippen molar-refractivity contribution >= 4 is 36.5 Å². The summed E-state index contributed by atoms with van der Waals surface area (Å²) in [5.41, 5.74) is 17.3. The Morgan fingerprint density at radius 3 is 2.60 bits per heavy atom. The lowest BCUT2D eigenvalue weighted by Gasteiger charge is -2.31. The summed E-state index contributed by atoms with van der Waals surface area (Å²) >= 11 is 0. The second-order valence-corrected chi connectivity index (χ2v) is 14.8. The third-order valence-electron chi connectivity index (χ3n) is 10.2. The van der Waals surface area contributed by atoms with Gasteiger partial charge in [-0.25, -0.2) is 24.3 Å². The van der Waals surface area contributed by atoms with Crippen molar-refractivity contribution in [2.24, 2.45) is 17.1 Å². The predicted octanol–water partition coefficient (Wildman–Crippen LogP) is -2.01. The third kappa shape index (κ3) is 6.75. The highest BCUT2D eigenvalue weighted by Crippen LogP contribution is 2.69. The number of aromatic nitrogens is 6. The molecule has 7 rings (SSSR count). The fourth-order valence-electron chi connectivity index (χ4n) is 7.48. The van der Waals surface area contributed by atoms with Gasteiger partial charge in [-0.2, -0.15) is 4.98 Å². The zero-order valence-electron chi connectivity index (χ0n) is 28.2. The fourth-order valence-corrected chi connectivity index (χ4v) is 8.51. The van der Waals surface area contributed by atoms with Gasteiger partial charge in [0.25, 0.3) is 0 Å². The maximum Gasteiger partial charge on any atom is 0.472 e. The lowest BCUT2D eigenvalue weighted by molar-refractivity contribution is -0.124. The van der Waals surface area contributed by atoms with Crippen LogP contribution in [0.3, 0.4) is 0 Å². The average molecular weight is 759 g/mol. The van der Waals surface area contributed by atoms with Crippen LogP contribution in [0.25, 0.3) is 11.2 Å². The molecule has 1 saturated heterocycles. The van der Waals surface area contributed by atoms with Crippen LogP contribution in [-0.2, 0) is 29.6 Å². The Bertz CT molecular complexity index is 2100. The Kier molecular flexibility index (Phi) is 9.72. The molecule has 2 saturated carbocycles. The normalized spacial score (nSPS) is 30.8. The highest BCUT2D eigenvalue weighted by Gasteiger charge is 2.72. The molecule has 0 radical (unpaired) electrons. The second kappa shape index (κ2) is 14.0. The van der Waals surface area contributed by atoms with Crippen LogP contribution >= 0.6 is 7.82 Å². The summed E-state index contributed by atoms with van der Waals surface area (Å²) in [4.78, 5) is 53.0. The number of benzene rings is 1. The number of nitrogens with zero attached hydrogens (tertiary/aromatic N) is 6. The summed E-state index contributed by atoms with van der Waals surface area (Å²) in [5.74, 6) is -0.346. The van der Waals surface area contributed by atoms with E-state index in [2.05, 4.69) is 25.3 Å². The lowest BCUT2D eigenvalue weighted by atomic mass is 9.96. The Balaban J connectivity index is 1.11. The van der Waals surface area contributed by atoms with Crippen molar-refractivity contribution in [2.45, 2.75) is 61.6 Å². The van der Waals surface area contributed by atoms with Crippen molar-refractivity contribution < 1.29 is 48.1 Å². The number of phosphoric ester groups is 1. The molecule has 1 unspecified atom stereocenters. The Morgan fingerprint density at radius 2 is 1.91 bits per heavy atom. The molecule has 11 atom stereocenters. The number of hydrogen-bond donors (Lipinski definition) is 8. The summed E-state index contributed by atoms with van der Waals surface area (Å²) < 4.78 is 37.6. The van der Waals surface area contributed by atoms with Crippen LogP contribution in [0.15, 0.2) is 54.0 Å². The van der Waals surface area contributed by atoms with Crippen LogP contribution in [-0.4, -0.2) is 112 Å². The lowest BCUT2D eigenvalue weighted by Crippen LogP contribution is -2.54. The van der Waals surface area contributed by atoms with E-state index in [9.17, 15) is 34.4 Å². The minimum Gasteiger partial charge on any atom is -0.497 e. The van der Waals surface area contributed by atoms with Gasteiger partial charge in [-0.05, 0) is 42.5 Å². The Hall–Kier alpha value is -4.57. The van der Waals surface area contributed by atoms with Gasteiger partial charge in [-0.15, -0.1) is 0 Å². The van der Waals surface area contributed by atoms with E-state index in [1.807, 2.05) is 0 Å². The molecule has 22 heteroatoms. The van der Waals surface area contributed by atoms with E-state index < -0.39 is 92.7 Å². The van der Waals surface area contributed by atoms with E-state index in [4.69, 9.17) is 35.7 Å². The van der Waals surface area contributed by atoms with E-state index in [1.165, 1.54) is 32.0 Å². The number of carbonyl (C=O) groups is 1. The van der Waals surface area contributed by atoms with Gasteiger partial charge >= 0.3 is 13.5 Å². The molecule has 4 aromatic rings. The average Bonchev–Trinajstić information content (AvgIpc) is 3.42. The van der Waals surface area contributed by atoms with Gasteiger partial charge in [0.05, 0.1) is 50.9 Å². The number of nitrogen functional groups attached to an aromatic ring is 2. The molecular weight excluding hydrogens is 719 g/mol. The second-order valence-electron chi connectivity index (χ2n) is 13.3. The van der Waals surface area contributed by atoms with E-state index in [1.54, 1.807) is 28.8 Å². The van der Waals surface area contributed by atoms with E-state index in [-0.39, 0.29) is 18.1 Å². The minimum atomic E-state index is -5.07. The van der Waals surface area contributed by atoms with E-state index in [0.29, 0.717) is 23.3 Å². The molecule has 21 nitrogen and oxygen atoms in total. The number of ether oxygens (including phenoxy) is 2. The summed E-state index contributed by atoms with van der Waals surface area (Å²) in [5, 5.41) is 35.6. The molecular formula is C31H39N10O11P. The molecule has 2 aliphatic carbocycles. The number of rotatable bonds is 13. The maximum atomic E-state index is 13.6. The third-order valence-corrected chi connectivity index (χ3v) is 11.2. The molecule has 0 bridgehead atoms. The number of methoxy groups -OCH3 is 1. The largest absolute Gasteiger partial charge is 0.497 e. The minimum absolute atomic E-state index is 0.0807. The number of fused-ring (bicyclic) bond motifs is 2. The number of aliphatic hydroxyl groups excluding tert-OH is 3. The van der Waals surface area contributed by atoms with Gasteiger partial charge in [0.2, 0.25) is 5.91 Å². The number of imidazole rings is 1. The molecule has 11 N–H and O–H groups in total. The SMILES string of the molecule is COc1ccc(C[C@H](N)C(=O)N[C@H]2[C@@H](O)[C@H](n3cnc4c(N)ncnc43)[C@H]3C[C@]32COP(=O)(O)O[C@H]2[C@@H](O)[C@H](n3ccc(N)nc3=O)O[C@@H]2CO)cc1. The van der Waals surface area contributed by atoms with Gasteiger partial charge in [-0.3, -0.25) is 18.4 Å². The van der Waals surface area contributed by atoms with Gasteiger partial charge in [0.1, 0.15) is 41.7 Å². The molecule has 284 valence electrons. The number of hydrogen-bond acceptors (Lipinski definition) is 17. The van der Waals surface area contributed by atoms with Crippen LogP contribution in [0.4, 0.5) is 11.6 Å². The van der Waals surface area contributed by atoms with Gasteiger partial charge in [-0.1, -0.05) is 12.1 Å². The molecule has 1 amide bonds. The van der Waals surface area contributed by atoms with Crippen molar-refractivity contribution in [1.82, 2.24) is 34.4 Å². The van der Waals surface area contributed by atoms with Crippen LogP contribution in [0.5, 0.6) is 5.75 Å². The number of aliphatic hydroxyl groups is 3. The van der Waals surface area contributed by atoms with Crippen molar-refractivity contribution in [3.63, 3.8) is 0 Å². The van der Waals surface area contributed by atoms with Crippen molar-refractivity contribution in [1.29, 1.82) is 0 Å². The predicted molar refractivity (Wildman–Crippen MR) is 182 cm³/mol. The van der Waals surface area contributed by atoms with Crippen LogP contribution < -0.4 is 32.9 Å². The van der Waals surface area contributed by atoms with Gasteiger partial charge in [0, 0.05) is 11.6 Å². The van der Waals surface area contributed by atoms with E-state index in [0.717, 1.165) is 10.1 Å². The molecule has 4 heterocycles. The topological polar surface area (TPSA) is 321 Å². The first-order chi connectivity index (χ1) is 25.3. The molecule has 53 heavy (non-hydrogen) atoms. The number of anilines is 2. The summed E-state index contributed by atoms with van der Waals surface area (Å²) in [6, 6.07) is 5.49. The molecule has 1 aliphatic heterocycles. The quantitative estimate of drug-likeness (QED) is 0.0683. The smallest absolute Gasteiger partial charge is 0.472 e. The van der Waals surface area contributed by atoms with Crippen molar-refractivity contribution in [3.05, 3.63) is 65.2 Å². The van der Waals surface area contributed by atoms with Crippen molar-refractivity contribution in [3.8, 4) is 5.75 Å². The summed E-state index contributed by atoms with van der Waals surface area (Å²) in [6.07, 6.45) is -3.05. The number of phosphoric acid groups is 1. The standard InChI is InChI=1S/C31H39N10O11P/c1-49-15-4-2-14(3-5-15)8-17(32)28(45)39-25-22(43)21(41-13-37-20-26(34)35-12-36-27(20)41)16-9-31(16,25)11-50-53(47,48)52-24-18(10-42)51-29(23(24)44)40-7-6-19(33)38-30(40)46/h2-7,12-13,16-18,21-25,29,42-44H,8-11,32H2,1H3,(H,39,45)(H,47,48)(H2,33,38,46)(H2,34,35,36)/t16-,17+,18-,21-,22+,23-,24-,25+,29-,31+/m1/s1. The first-order valence-electron chi connectivity index (χ1n) is 16.5. The van der Waals surface area contributed by atoms with Gasteiger partial charge < -0.3 is 56.8 Å². The van der Waals surface area contributed by atoms with Crippen LogP contribution in [0.2, 0.25) is 0 Å². The maximum absolute atomic E-state index is 13.6. The van der Waals surface area contributed by atoms with E-state index >= 15 is 0 Å². The first-order valence-corrected chi connectivity index (χ1v) is 18.0. The summed E-state index contributed by atoms with van der Waals surface area (Å²) in [6.45, 7) is -1.26. The monoisotopic (exact) mass is 758 g/mol. The number of nitrogens with one attached hydrogen (secondary N) is 1. The Morgan fingerprint density at radius 1 is 1.15 bits per heavy atom.